The van der Waals surface area contributed by atoms with Crippen molar-refractivity contribution in [3.63, 3.8) is 0 Å². The van der Waals surface area contributed by atoms with Crippen LogP contribution in [0, 0.1) is 5.92 Å². The maximum Gasteiger partial charge on any atom is 0.306 e. The van der Waals surface area contributed by atoms with E-state index in [1.807, 2.05) is 0 Å². The van der Waals surface area contributed by atoms with E-state index in [2.05, 4.69) is 5.32 Å². The molecular weight excluding hydrogens is 218 g/mol. The average Bonchev–Trinajstić information content (AvgIpc) is 2.30. The molecule has 17 heavy (non-hydrogen) atoms. The fourth-order valence-corrected chi connectivity index (χ4v) is 2.15. The summed E-state index contributed by atoms with van der Waals surface area (Å²) in [4.78, 5) is 23.1. The Labute approximate surface area is 103 Å². The Hall–Kier alpha value is -1.06. The first-order chi connectivity index (χ1) is 8.13. The largest absolute Gasteiger partial charge is 0.466 e. The zero-order chi connectivity index (χ0) is 12.7. The van der Waals surface area contributed by atoms with Crippen molar-refractivity contribution in [3.8, 4) is 0 Å². The molecule has 0 bridgehead atoms. The number of carbonyl (C=O) groups is 2. The molecule has 0 aromatic heterocycles. The highest BCUT2D eigenvalue weighted by Gasteiger charge is 2.21. The van der Waals surface area contributed by atoms with E-state index in [1.54, 1.807) is 13.8 Å². The second-order valence-corrected chi connectivity index (χ2v) is 4.75. The number of rotatable bonds is 5. The Morgan fingerprint density at radius 3 is 2.53 bits per heavy atom. The average molecular weight is 241 g/mol. The Bertz CT molecular complexity index is 259. The third-order valence-corrected chi connectivity index (χ3v) is 3.18. The number of hydrogen-bond acceptors (Lipinski definition) is 3. The summed E-state index contributed by atoms with van der Waals surface area (Å²) in [6.45, 7) is 3.91. The zero-order valence-corrected chi connectivity index (χ0v) is 10.8. The molecule has 4 nitrogen and oxygen atoms in total. The lowest BCUT2D eigenvalue weighted by molar-refractivity contribution is -0.146. The van der Waals surface area contributed by atoms with Crippen LogP contribution in [0.1, 0.15) is 52.4 Å². The van der Waals surface area contributed by atoms with Crippen LogP contribution in [0.4, 0.5) is 0 Å². The van der Waals surface area contributed by atoms with Gasteiger partial charge in [0, 0.05) is 12.0 Å². The molecule has 1 amide bonds. The van der Waals surface area contributed by atoms with Gasteiger partial charge in [0.2, 0.25) is 5.91 Å². The molecule has 0 radical (unpaired) electrons. The van der Waals surface area contributed by atoms with Gasteiger partial charge in [-0.05, 0) is 19.8 Å². The molecule has 1 aliphatic rings. The number of esters is 1. The van der Waals surface area contributed by atoms with Crippen LogP contribution in [0.25, 0.3) is 0 Å². The molecular formula is C13H23NO3. The SMILES string of the molecule is CCOC(=O)CC(C)C(=O)NC1CCCCC1. The smallest absolute Gasteiger partial charge is 0.306 e. The van der Waals surface area contributed by atoms with Gasteiger partial charge in [-0.25, -0.2) is 0 Å². The summed E-state index contributed by atoms with van der Waals surface area (Å²) < 4.78 is 4.83. The van der Waals surface area contributed by atoms with Crippen molar-refractivity contribution in [1.82, 2.24) is 5.32 Å². The normalized spacial score (nSPS) is 18.5. The van der Waals surface area contributed by atoms with Crippen LogP contribution in [0.15, 0.2) is 0 Å². The minimum absolute atomic E-state index is 0.0232. The van der Waals surface area contributed by atoms with E-state index < -0.39 is 0 Å². The second kappa shape index (κ2) is 7.30. The summed E-state index contributed by atoms with van der Waals surface area (Å²) >= 11 is 0. The van der Waals surface area contributed by atoms with Crippen LogP contribution in [-0.2, 0) is 14.3 Å². The van der Waals surface area contributed by atoms with Crippen molar-refractivity contribution in [2.75, 3.05) is 6.61 Å². The Morgan fingerprint density at radius 2 is 1.94 bits per heavy atom. The van der Waals surface area contributed by atoms with Gasteiger partial charge in [0.15, 0.2) is 0 Å². The van der Waals surface area contributed by atoms with Gasteiger partial charge in [0.25, 0.3) is 0 Å². The molecule has 1 unspecified atom stereocenters. The fourth-order valence-electron chi connectivity index (χ4n) is 2.15. The van der Waals surface area contributed by atoms with Crippen LogP contribution in [0.3, 0.4) is 0 Å². The van der Waals surface area contributed by atoms with E-state index in [0.29, 0.717) is 12.6 Å². The van der Waals surface area contributed by atoms with E-state index in [0.717, 1.165) is 12.8 Å². The number of amides is 1. The monoisotopic (exact) mass is 241 g/mol. The molecule has 1 N–H and O–H groups in total. The summed E-state index contributed by atoms with van der Waals surface area (Å²) in [7, 11) is 0. The molecule has 1 fully saturated rings. The summed E-state index contributed by atoms with van der Waals surface area (Å²) in [6.07, 6.45) is 5.96. The highest BCUT2D eigenvalue weighted by Crippen LogP contribution is 2.18. The van der Waals surface area contributed by atoms with Gasteiger partial charge in [-0.2, -0.15) is 0 Å². The van der Waals surface area contributed by atoms with Crippen molar-refractivity contribution in [2.24, 2.45) is 5.92 Å². The van der Waals surface area contributed by atoms with Gasteiger partial charge in [0.05, 0.1) is 13.0 Å². The number of nitrogens with one attached hydrogen (secondary N) is 1. The first kappa shape index (κ1) is 14.0. The minimum atomic E-state index is -0.295. The first-order valence-corrected chi connectivity index (χ1v) is 6.59. The quantitative estimate of drug-likeness (QED) is 0.749. The lowest BCUT2D eigenvalue weighted by atomic mass is 9.95. The predicted molar refractivity (Wildman–Crippen MR) is 65.4 cm³/mol. The van der Waals surface area contributed by atoms with Crippen LogP contribution in [-0.4, -0.2) is 24.5 Å². The Kier molecular flexibility index (Phi) is 6.01. The van der Waals surface area contributed by atoms with E-state index >= 15 is 0 Å². The highest BCUT2D eigenvalue weighted by molar-refractivity contribution is 5.83. The summed E-state index contributed by atoms with van der Waals surface area (Å²) in [5, 5.41) is 3.02. The van der Waals surface area contributed by atoms with Crippen molar-refractivity contribution < 1.29 is 14.3 Å². The maximum atomic E-state index is 11.8. The molecule has 0 heterocycles. The standard InChI is InChI=1S/C13H23NO3/c1-3-17-12(15)9-10(2)13(16)14-11-7-5-4-6-8-11/h10-11H,3-9H2,1-2H3,(H,14,16). The van der Waals surface area contributed by atoms with Crippen molar-refractivity contribution >= 4 is 11.9 Å². The predicted octanol–water partition coefficient (Wildman–Crippen LogP) is 2.02. The molecule has 0 spiro atoms. The minimum Gasteiger partial charge on any atom is -0.466 e. The molecule has 0 aromatic carbocycles. The Balaban J connectivity index is 2.28. The van der Waals surface area contributed by atoms with Gasteiger partial charge in [-0.3, -0.25) is 9.59 Å². The zero-order valence-electron chi connectivity index (χ0n) is 10.8. The van der Waals surface area contributed by atoms with Crippen molar-refractivity contribution in [2.45, 2.75) is 58.4 Å². The van der Waals surface area contributed by atoms with Crippen LogP contribution < -0.4 is 5.32 Å². The van der Waals surface area contributed by atoms with E-state index in [1.165, 1.54) is 19.3 Å². The Morgan fingerprint density at radius 1 is 1.29 bits per heavy atom. The van der Waals surface area contributed by atoms with E-state index in [4.69, 9.17) is 4.74 Å². The summed E-state index contributed by atoms with van der Waals surface area (Å²) in [5.41, 5.74) is 0. The molecule has 1 aliphatic carbocycles. The van der Waals surface area contributed by atoms with Crippen molar-refractivity contribution in [1.29, 1.82) is 0 Å². The summed E-state index contributed by atoms with van der Waals surface area (Å²) in [6, 6.07) is 0.306. The molecule has 0 aliphatic heterocycles. The van der Waals surface area contributed by atoms with Gasteiger partial charge >= 0.3 is 5.97 Å². The molecule has 0 saturated heterocycles. The lowest BCUT2D eigenvalue weighted by Gasteiger charge is -2.24. The topological polar surface area (TPSA) is 55.4 Å². The maximum absolute atomic E-state index is 11.8. The lowest BCUT2D eigenvalue weighted by Crippen LogP contribution is -2.39. The van der Waals surface area contributed by atoms with Gasteiger partial charge in [-0.15, -0.1) is 0 Å². The van der Waals surface area contributed by atoms with Gasteiger partial charge < -0.3 is 10.1 Å². The van der Waals surface area contributed by atoms with Crippen LogP contribution >= 0.6 is 0 Å². The fraction of sp³-hybridized carbons (Fsp3) is 0.846. The third kappa shape index (κ3) is 5.20. The number of hydrogen-bond donors (Lipinski definition) is 1. The molecule has 1 rings (SSSR count). The molecule has 0 aromatic rings. The molecule has 1 saturated carbocycles. The highest BCUT2D eigenvalue weighted by atomic mass is 16.5. The summed E-state index contributed by atoms with van der Waals surface area (Å²) in [5.74, 6) is -0.611. The molecule has 1 atom stereocenters. The van der Waals surface area contributed by atoms with E-state index in [9.17, 15) is 9.59 Å². The van der Waals surface area contributed by atoms with Crippen LogP contribution in [0.5, 0.6) is 0 Å². The third-order valence-electron chi connectivity index (χ3n) is 3.18. The van der Waals surface area contributed by atoms with Crippen molar-refractivity contribution in [3.05, 3.63) is 0 Å². The number of ether oxygens (including phenoxy) is 1. The number of carbonyl (C=O) groups excluding carboxylic acids is 2. The van der Waals surface area contributed by atoms with Gasteiger partial charge in [-0.1, -0.05) is 26.2 Å². The molecule has 4 heteroatoms. The van der Waals surface area contributed by atoms with E-state index in [-0.39, 0.29) is 24.2 Å². The van der Waals surface area contributed by atoms with Gasteiger partial charge in [0.1, 0.15) is 0 Å². The molecule has 98 valence electrons. The van der Waals surface area contributed by atoms with Crippen LogP contribution in [0.2, 0.25) is 0 Å². The first-order valence-electron chi connectivity index (χ1n) is 6.59. The second-order valence-electron chi connectivity index (χ2n) is 4.75.